The molecule has 0 aliphatic rings. The second kappa shape index (κ2) is 9.29. The summed E-state index contributed by atoms with van der Waals surface area (Å²) in [5.41, 5.74) is 1.14. The zero-order chi connectivity index (χ0) is 20.9. The minimum atomic E-state index is -3.64. The number of rotatable bonds is 8. The number of carbonyl (C=O) groups is 1. The molecule has 0 spiro atoms. The summed E-state index contributed by atoms with van der Waals surface area (Å²) in [5, 5.41) is 2.82. The summed E-state index contributed by atoms with van der Waals surface area (Å²) < 4.78 is 36.8. The molecule has 2 aromatic rings. The van der Waals surface area contributed by atoms with Crippen LogP contribution in [0.15, 0.2) is 46.9 Å². The molecule has 1 atom stereocenters. The highest BCUT2D eigenvalue weighted by atomic mass is 79.9. The summed E-state index contributed by atoms with van der Waals surface area (Å²) in [7, 11) is -0.544. The van der Waals surface area contributed by atoms with Crippen LogP contribution in [-0.4, -0.2) is 41.3 Å². The minimum absolute atomic E-state index is 0.336. The maximum absolute atomic E-state index is 12.6. The first-order valence-corrected chi connectivity index (χ1v) is 11.0. The van der Waals surface area contributed by atoms with E-state index in [1.165, 1.54) is 0 Å². The first-order valence-electron chi connectivity index (χ1n) is 8.40. The van der Waals surface area contributed by atoms with Crippen molar-refractivity contribution < 1.29 is 22.7 Å². The SMILES string of the molecule is COc1ccc(OC)c([C@H](C)NC(=O)CN(c2ccc(Br)cc2)S(C)(=O)=O)c1. The molecule has 0 heterocycles. The molecule has 0 bridgehead atoms. The van der Waals surface area contributed by atoms with Crippen LogP contribution < -0.4 is 19.1 Å². The number of methoxy groups -OCH3 is 2. The highest BCUT2D eigenvalue weighted by molar-refractivity contribution is 9.10. The second-order valence-electron chi connectivity index (χ2n) is 6.14. The van der Waals surface area contributed by atoms with Crippen molar-refractivity contribution in [3.63, 3.8) is 0 Å². The minimum Gasteiger partial charge on any atom is -0.497 e. The Morgan fingerprint density at radius 1 is 1.14 bits per heavy atom. The smallest absolute Gasteiger partial charge is 0.241 e. The molecule has 0 aromatic heterocycles. The van der Waals surface area contributed by atoms with Gasteiger partial charge in [0.15, 0.2) is 0 Å². The number of amides is 1. The molecule has 0 radical (unpaired) electrons. The fourth-order valence-corrected chi connectivity index (χ4v) is 3.80. The average molecular weight is 471 g/mol. The van der Waals surface area contributed by atoms with Gasteiger partial charge in [0.05, 0.1) is 32.2 Å². The Hall–Kier alpha value is -2.26. The first kappa shape index (κ1) is 22.0. The van der Waals surface area contributed by atoms with Crippen molar-refractivity contribution >= 4 is 37.5 Å². The van der Waals surface area contributed by atoms with E-state index in [-0.39, 0.29) is 6.54 Å². The highest BCUT2D eigenvalue weighted by Gasteiger charge is 2.23. The van der Waals surface area contributed by atoms with Crippen LogP contribution in [0.25, 0.3) is 0 Å². The van der Waals surface area contributed by atoms with Crippen LogP contribution in [-0.2, 0) is 14.8 Å². The van der Waals surface area contributed by atoms with Crippen LogP contribution in [0, 0.1) is 0 Å². The monoisotopic (exact) mass is 470 g/mol. The molecule has 1 amide bonds. The quantitative estimate of drug-likeness (QED) is 0.640. The van der Waals surface area contributed by atoms with Crippen LogP contribution >= 0.6 is 15.9 Å². The molecule has 28 heavy (non-hydrogen) atoms. The molecule has 0 aliphatic heterocycles. The number of halogens is 1. The van der Waals surface area contributed by atoms with Gasteiger partial charge < -0.3 is 14.8 Å². The third-order valence-corrected chi connectivity index (χ3v) is 5.75. The largest absolute Gasteiger partial charge is 0.497 e. The number of ether oxygens (including phenoxy) is 2. The lowest BCUT2D eigenvalue weighted by Gasteiger charge is -2.24. The molecule has 9 heteroatoms. The zero-order valence-electron chi connectivity index (χ0n) is 16.1. The third-order valence-electron chi connectivity index (χ3n) is 4.08. The van der Waals surface area contributed by atoms with E-state index in [9.17, 15) is 13.2 Å². The number of sulfonamides is 1. The molecular weight excluding hydrogens is 448 g/mol. The number of anilines is 1. The van der Waals surface area contributed by atoms with Crippen molar-refractivity contribution in [1.82, 2.24) is 5.32 Å². The van der Waals surface area contributed by atoms with Crippen LogP contribution in [0.5, 0.6) is 11.5 Å². The molecular formula is C19H23BrN2O5S. The van der Waals surface area contributed by atoms with E-state index in [2.05, 4.69) is 21.2 Å². The summed E-state index contributed by atoms with van der Waals surface area (Å²) in [6, 6.07) is 11.6. The first-order chi connectivity index (χ1) is 13.2. The number of nitrogens with one attached hydrogen (secondary N) is 1. The summed E-state index contributed by atoms with van der Waals surface area (Å²) in [5.74, 6) is 0.789. The number of benzene rings is 2. The normalized spacial score (nSPS) is 12.2. The number of carbonyl (C=O) groups excluding carboxylic acids is 1. The zero-order valence-corrected chi connectivity index (χ0v) is 18.5. The van der Waals surface area contributed by atoms with E-state index in [0.717, 1.165) is 20.6 Å². The molecule has 2 aromatic carbocycles. The Balaban J connectivity index is 2.20. The van der Waals surface area contributed by atoms with E-state index < -0.39 is 22.0 Å². The van der Waals surface area contributed by atoms with Crippen LogP contribution in [0.4, 0.5) is 5.69 Å². The second-order valence-corrected chi connectivity index (χ2v) is 8.97. The molecule has 1 N–H and O–H groups in total. The highest BCUT2D eigenvalue weighted by Crippen LogP contribution is 2.29. The molecule has 152 valence electrons. The van der Waals surface area contributed by atoms with Gasteiger partial charge in [0.2, 0.25) is 15.9 Å². The number of nitrogens with zero attached hydrogens (tertiary/aromatic N) is 1. The van der Waals surface area contributed by atoms with Crippen molar-refractivity contribution in [2.24, 2.45) is 0 Å². The van der Waals surface area contributed by atoms with Crippen LogP contribution in [0.1, 0.15) is 18.5 Å². The van der Waals surface area contributed by atoms with Gasteiger partial charge in [-0.25, -0.2) is 8.42 Å². The van der Waals surface area contributed by atoms with Gasteiger partial charge in [-0.1, -0.05) is 15.9 Å². The fraction of sp³-hybridized carbons (Fsp3) is 0.316. The Morgan fingerprint density at radius 2 is 1.79 bits per heavy atom. The Morgan fingerprint density at radius 3 is 2.32 bits per heavy atom. The Bertz CT molecular complexity index is 932. The number of hydrogen-bond donors (Lipinski definition) is 1. The summed E-state index contributed by atoms with van der Waals surface area (Å²) in [6.07, 6.45) is 1.07. The van der Waals surface area contributed by atoms with Gasteiger partial charge in [0.25, 0.3) is 0 Å². The van der Waals surface area contributed by atoms with E-state index in [4.69, 9.17) is 9.47 Å². The Kier molecular flexibility index (Phi) is 7.31. The lowest BCUT2D eigenvalue weighted by molar-refractivity contribution is -0.120. The predicted molar refractivity (Wildman–Crippen MR) is 112 cm³/mol. The maximum atomic E-state index is 12.6. The van der Waals surface area contributed by atoms with E-state index in [1.54, 1.807) is 63.6 Å². The van der Waals surface area contributed by atoms with Gasteiger partial charge in [0.1, 0.15) is 18.0 Å². The summed E-state index contributed by atoms with van der Waals surface area (Å²) in [6.45, 7) is 1.46. The van der Waals surface area contributed by atoms with E-state index in [0.29, 0.717) is 17.2 Å². The van der Waals surface area contributed by atoms with Gasteiger partial charge in [-0.15, -0.1) is 0 Å². The fourth-order valence-electron chi connectivity index (χ4n) is 2.68. The van der Waals surface area contributed by atoms with Crippen molar-refractivity contribution in [3.05, 3.63) is 52.5 Å². The maximum Gasteiger partial charge on any atom is 0.241 e. The summed E-state index contributed by atoms with van der Waals surface area (Å²) in [4.78, 5) is 12.6. The third kappa shape index (κ3) is 5.62. The molecule has 0 fully saturated rings. The standard InChI is InChI=1S/C19H23BrN2O5S/c1-13(17-11-16(26-2)9-10-18(17)27-3)21-19(23)12-22(28(4,24)25)15-7-5-14(20)6-8-15/h5-11,13H,12H2,1-4H3,(H,21,23)/t13-/m0/s1. The van der Waals surface area contributed by atoms with Gasteiger partial charge in [-0.3, -0.25) is 9.10 Å². The summed E-state index contributed by atoms with van der Waals surface area (Å²) >= 11 is 3.31. The average Bonchev–Trinajstić information content (AvgIpc) is 2.65. The molecule has 7 nitrogen and oxygen atoms in total. The van der Waals surface area contributed by atoms with Crippen LogP contribution in [0.3, 0.4) is 0 Å². The lowest BCUT2D eigenvalue weighted by atomic mass is 10.1. The Labute approximate surface area is 173 Å². The molecule has 0 aliphatic carbocycles. The van der Waals surface area contributed by atoms with Crippen molar-refractivity contribution in [1.29, 1.82) is 0 Å². The van der Waals surface area contributed by atoms with Crippen molar-refractivity contribution in [2.75, 3.05) is 31.3 Å². The van der Waals surface area contributed by atoms with Gasteiger partial charge in [-0.05, 0) is 49.4 Å². The van der Waals surface area contributed by atoms with Gasteiger partial charge in [-0.2, -0.15) is 0 Å². The predicted octanol–water partition coefficient (Wildman–Crippen LogP) is 3.11. The molecule has 0 unspecified atom stereocenters. The van der Waals surface area contributed by atoms with E-state index in [1.807, 2.05) is 0 Å². The number of hydrogen-bond acceptors (Lipinski definition) is 5. The van der Waals surface area contributed by atoms with Gasteiger partial charge >= 0.3 is 0 Å². The van der Waals surface area contributed by atoms with Crippen molar-refractivity contribution in [3.8, 4) is 11.5 Å². The van der Waals surface area contributed by atoms with Crippen LogP contribution in [0.2, 0.25) is 0 Å². The molecule has 0 saturated heterocycles. The van der Waals surface area contributed by atoms with Gasteiger partial charge in [0, 0.05) is 10.0 Å². The van der Waals surface area contributed by atoms with Crippen molar-refractivity contribution in [2.45, 2.75) is 13.0 Å². The topological polar surface area (TPSA) is 84.9 Å². The molecule has 2 rings (SSSR count). The lowest BCUT2D eigenvalue weighted by Crippen LogP contribution is -2.41. The molecule has 0 saturated carbocycles. The van der Waals surface area contributed by atoms with E-state index >= 15 is 0 Å².